The summed E-state index contributed by atoms with van der Waals surface area (Å²) >= 11 is 7.04. The molecule has 1 atom stereocenters. The fourth-order valence-corrected chi connectivity index (χ4v) is 9.07. The molecule has 1 amide bonds. The van der Waals surface area contributed by atoms with Gasteiger partial charge >= 0.3 is 18.3 Å². The maximum absolute atomic E-state index is 17.9. The van der Waals surface area contributed by atoms with E-state index < -0.39 is 40.5 Å². The minimum absolute atomic E-state index is 0.139. The van der Waals surface area contributed by atoms with Gasteiger partial charge in [-0.3, -0.25) is 0 Å². The van der Waals surface area contributed by atoms with Crippen molar-refractivity contribution in [1.82, 2.24) is 24.8 Å². The number of methoxy groups -OCH3 is 2. The average molecular weight is 956 g/mol. The van der Waals surface area contributed by atoms with E-state index in [-0.39, 0.29) is 77.9 Å². The van der Waals surface area contributed by atoms with E-state index in [1.807, 2.05) is 60.2 Å². The van der Waals surface area contributed by atoms with Crippen LogP contribution in [0.3, 0.4) is 0 Å². The Morgan fingerprint density at radius 2 is 1.53 bits per heavy atom. The molecule has 4 heterocycles. The minimum atomic E-state index is -4.97. The van der Waals surface area contributed by atoms with Gasteiger partial charge in [-0.15, -0.1) is 0 Å². The van der Waals surface area contributed by atoms with E-state index in [0.717, 1.165) is 28.8 Å². The van der Waals surface area contributed by atoms with Crippen molar-refractivity contribution in [2.45, 2.75) is 78.5 Å². The average Bonchev–Trinajstić information content (AvgIpc) is 3.28. The lowest BCUT2D eigenvalue weighted by atomic mass is 9.98. The molecule has 2 aliphatic rings. The molecule has 0 aliphatic carbocycles. The topological polar surface area (TPSA) is 106 Å². The Hall–Kier alpha value is -6.39. The highest BCUT2D eigenvalue weighted by Crippen LogP contribution is 2.46. The van der Waals surface area contributed by atoms with E-state index in [1.165, 1.54) is 19.1 Å². The molecule has 6 aromatic rings. The number of pyridine rings is 1. The van der Waals surface area contributed by atoms with Crippen molar-refractivity contribution in [3.05, 3.63) is 123 Å². The molecule has 12 nitrogen and oxygen atoms in total. The van der Waals surface area contributed by atoms with Crippen LogP contribution >= 0.6 is 11.6 Å². The van der Waals surface area contributed by atoms with Crippen molar-refractivity contribution < 1.29 is 41.3 Å². The predicted molar refractivity (Wildman–Crippen MR) is 255 cm³/mol. The number of ether oxygens (including phenoxy) is 4. The number of rotatable bonds is 11. The Morgan fingerprint density at radius 3 is 2.12 bits per heavy atom. The Bertz CT molecular complexity index is 2770. The number of alkyl halides is 3. The lowest BCUT2D eigenvalue weighted by Gasteiger charge is -2.41. The number of amides is 1. The molecule has 4 aromatic carbocycles. The van der Waals surface area contributed by atoms with Gasteiger partial charge in [0.2, 0.25) is 0 Å². The quantitative estimate of drug-likeness (QED) is 0.116. The number of carbonyl (C=O) groups excluding carboxylic acids is 1. The van der Waals surface area contributed by atoms with E-state index in [4.69, 9.17) is 35.5 Å². The summed E-state index contributed by atoms with van der Waals surface area (Å²) in [6.45, 7) is 11.2. The minimum Gasteiger partial charge on any atom is -0.497 e. The summed E-state index contributed by atoms with van der Waals surface area (Å²) in [5.41, 5.74) is 0.000252. The summed E-state index contributed by atoms with van der Waals surface area (Å²) in [6.07, 6.45) is -4.77. The number of carbonyl (C=O) groups is 1. The molecular weight excluding hydrogens is 902 g/mol. The number of aromatic nitrogens is 3. The molecule has 1 fully saturated rings. The van der Waals surface area contributed by atoms with Gasteiger partial charge < -0.3 is 38.5 Å². The summed E-state index contributed by atoms with van der Waals surface area (Å²) in [5.74, 6) is 1.00. The van der Waals surface area contributed by atoms with E-state index in [9.17, 15) is 4.79 Å². The summed E-state index contributed by atoms with van der Waals surface area (Å²) in [7, 11) is 5.15. The number of aryl methyl sites for hydroxylation is 1. The number of likely N-dealkylation sites (N-methyl/N-ethyl adjacent to an activating group) is 1. The van der Waals surface area contributed by atoms with Crippen LogP contribution in [0.15, 0.2) is 78.9 Å². The maximum Gasteiger partial charge on any atom is 0.418 e. The first-order valence-corrected chi connectivity index (χ1v) is 22.7. The van der Waals surface area contributed by atoms with Crippen molar-refractivity contribution in [2.24, 2.45) is 0 Å². The van der Waals surface area contributed by atoms with Crippen LogP contribution in [0.1, 0.15) is 61.1 Å². The zero-order valence-electron chi connectivity index (χ0n) is 39.3. The number of fused-ring (bicyclic) bond motifs is 2. The van der Waals surface area contributed by atoms with Crippen LogP contribution in [0.5, 0.6) is 23.3 Å². The molecule has 0 N–H and O–H groups in total. The first-order valence-electron chi connectivity index (χ1n) is 22.3. The normalized spacial score (nSPS) is 15.6. The highest BCUT2D eigenvalue weighted by Gasteiger charge is 2.40. The predicted octanol–water partition coefficient (Wildman–Crippen LogP) is 11.3. The molecule has 0 bridgehead atoms. The van der Waals surface area contributed by atoms with E-state index >= 15 is 17.6 Å². The van der Waals surface area contributed by atoms with Crippen LogP contribution in [-0.2, 0) is 37.0 Å². The van der Waals surface area contributed by atoms with E-state index in [1.54, 1.807) is 70.2 Å². The molecule has 17 heteroatoms. The fraction of sp³-hybridized carbons (Fsp3) is 0.373. The molecule has 358 valence electrons. The van der Waals surface area contributed by atoms with Gasteiger partial charge in [-0.25, -0.2) is 14.2 Å². The SMILES string of the molecule is COc1ccc(CN(Cc2ccc(OC)cc2)c2cc(C)c(C(F)(F)F)c(-c3c(Cl)cc4c(N5CCN(C(=O)OC(C)(C)C)CC5C)nc(Oc5cccc6c5CCN(C)C6)nc4c3F)n2)cc1. The molecule has 2 aromatic heterocycles. The second-order valence-electron chi connectivity index (χ2n) is 18.3. The van der Waals surface area contributed by atoms with Crippen molar-refractivity contribution in [3.8, 4) is 34.5 Å². The Kier molecular flexibility index (Phi) is 13.7. The van der Waals surface area contributed by atoms with Gasteiger partial charge in [-0.1, -0.05) is 48.0 Å². The first-order chi connectivity index (χ1) is 32.3. The van der Waals surface area contributed by atoms with Crippen LogP contribution in [-0.4, -0.2) is 89.9 Å². The molecular formula is C51H54ClF4N7O5. The largest absolute Gasteiger partial charge is 0.497 e. The Morgan fingerprint density at radius 1 is 0.882 bits per heavy atom. The van der Waals surface area contributed by atoms with Gasteiger partial charge in [0, 0.05) is 62.8 Å². The van der Waals surface area contributed by atoms with E-state index in [0.29, 0.717) is 30.2 Å². The van der Waals surface area contributed by atoms with E-state index in [2.05, 4.69) is 14.9 Å². The second-order valence-corrected chi connectivity index (χ2v) is 18.7. The smallest absolute Gasteiger partial charge is 0.418 e. The first kappa shape index (κ1) is 48.1. The highest BCUT2D eigenvalue weighted by atomic mass is 35.5. The molecule has 0 saturated carbocycles. The standard InChI is InChI=1S/C51H54ClF4N7O5/c1-30-24-41(62(27-32-12-16-35(65-7)17-13-32)28-33-14-18-36(66-8)19-15-33)57-46(43(30)51(54,55)56)42-39(52)25-38-45(44(42)53)58-48(67-40-11-9-10-34-29-60(6)21-20-37(34)40)59-47(38)63-23-22-61(26-31(63)2)49(64)68-50(3,4)5/h9-19,24-25,31H,20-23,26-29H2,1-8H3. The van der Waals surface area contributed by atoms with Gasteiger partial charge in [0.1, 0.15) is 40.0 Å². The van der Waals surface area contributed by atoms with Gasteiger partial charge in [0.15, 0.2) is 5.82 Å². The number of anilines is 2. The second kappa shape index (κ2) is 19.3. The maximum atomic E-state index is 17.9. The number of benzene rings is 4. The van der Waals surface area contributed by atoms with Crippen LogP contribution < -0.4 is 24.0 Å². The highest BCUT2D eigenvalue weighted by molar-refractivity contribution is 6.34. The summed E-state index contributed by atoms with van der Waals surface area (Å²) < 4.78 is 87.0. The molecule has 68 heavy (non-hydrogen) atoms. The van der Waals surface area contributed by atoms with Crippen molar-refractivity contribution in [2.75, 3.05) is 57.2 Å². The van der Waals surface area contributed by atoms with Crippen molar-refractivity contribution >= 4 is 40.2 Å². The monoisotopic (exact) mass is 955 g/mol. The third-order valence-corrected chi connectivity index (χ3v) is 12.4. The van der Waals surface area contributed by atoms with Gasteiger partial charge in [-0.2, -0.15) is 23.1 Å². The number of halogens is 5. The van der Waals surface area contributed by atoms with Crippen molar-refractivity contribution in [1.29, 1.82) is 0 Å². The zero-order valence-corrected chi connectivity index (χ0v) is 40.1. The molecule has 1 saturated heterocycles. The van der Waals surface area contributed by atoms with Crippen molar-refractivity contribution in [3.63, 3.8) is 0 Å². The lowest BCUT2D eigenvalue weighted by molar-refractivity contribution is -0.137. The number of hydrogen-bond donors (Lipinski definition) is 0. The van der Waals surface area contributed by atoms with Gasteiger partial charge in [0.05, 0.1) is 36.1 Å². The summed E-state index contributed by atoms with van der Waals surface area (Å²) in [6, 6.07) is 22.4. The molecule has 8 rings (SSSR count). The molecule has 2 aliphatic heterocycles. The number of nitrogens with zero attached hydrogens (tertiary/aromatic N) is 7. The molecule has 0 spiro atoms. The third-order valence-electron chi connectivity index (χ3n) is 12.1. The fourth-order valence-electron chi connectivity index (χ4n) is 8.79. The lowest BCUT2D eigenvalue weighted by Crippen LogP contribution is -2.54. The van der Waals surface area contributed by atoms with Gasteiger partial charge in [-0.05, 0) is 113 Å². The van der Waals surface area contributed by atoms with Crippen LogP contribution in [0.25, 0.3) is 22.2 Å². The third kappa shape index (κ3) is 10.4. The van der Waals surface area contributed by atoms with Gasteiger partial charge in [0.25, 0.3) is 0 Å². The van der Waals surface area contributed by atoms with Crippen LogP contribution in [0.2, 0.25) is 5.02 Å². The molecule has 0 radical (unpaired) electrons. The Balaban J connectivity index is 1.29. The van der Waals surface area contributed by atoms with Crippen LogP contribution in [0, 0.1) is 12.7 Å². The summed E-state index contributed by atoms with van der Waals surface area (Å²) in [5, 5.41) is -0.193. The Labute approximate surface area is 398 Å². The summed E-state index contributed by atoms with van der Waals surface area (Å²) in [4.78, 5) is 34.8. The number of hydrogen-bond acceptors (Lipinski definition) is 11. The zero-order chi connectivity index (χ0) is 48.7. The van der Waals surface area contributed by atoms with Crippen LogP contribution in [0.4, 0.5) is 34.0 Å². The molecule has 1 unspecified atom stereocenters. The number of piperazine rings is 1.